The first-order chi connectivity index (χ1) is 12.7. The summed E-state index contributed by atoms with van der Waals surface area (Å²) in [6.07, 6.45) is 5.35. The molecule has 1 aromatic carbocycles. The first-order valence-corrected chi connectivity index (χ1v) is 9.15. The number of hydrogen-bond acceptors (Lipinski definition) is 5. The zero-order valence-electron chi connectivity index (χ0n) is 13.8. The average molecular weight is 364 g/mol. The highest BCUT2D eigenvalue weighted by atomic mass is 32.1. The van der Waals surface area contributed by atoms with E-state index in [2.05, 4.69) is 20.6 Å². The van der Waals surface area contributed by atoms with Gasteiger partial charge in [-0.25, -0.2) is 4.98 Å². The molecule has 0 aliphatic heterocycles. The largest absolute Gasteiger partial charge is 0.326 e. The van der Waals surface area contributed by atoms with E-state index in [0.717, 1.165) is 24.1 Å². The molecule has 2 heterocycles. The van der Waals surface area contributed by atoms with E-state index < -0.39 is 0 Å². The third-order valence-corrected chi connectivity index (χ3v) is 4.80. The first kappa shape index (κ1) is 16.4. The van der Waals surface area contributed by atoms with Crippen LogP contribution < -0.4 is 10.6 Å². The van der Waals surface area contributed by atoms with Gasteiger partial charge < -0.3 is 5.32 Å². The van der Waals surface area contributed by atoms with Crippen LogP contribution in [0.4, 0.5) is 10.8 Å². The fourth-order valence-corrected chi connectivity index (χ4v) is 3.16. The van der Waals surface area contributed by atoms with Crippen LogP contribution in [-0.4, -0.2) is 21.8 Å². The van der Waals surface area contributed by atoms with Gasteiger partial charge in [-0.2, -0.15) is 0 Å². The zero-order chi connectivity index (χ0) is 17.9. The standard InChI is InChI=1S/C19H16N4O2S/c24-17(12-3-4-12)21-15-7-5-13(6-8-15)18(25)23-19-22-16(11-26-19)14-2-1-9-20-10-14/h1-2,5-12H,3-4H2,(H,21,24)(H,22,23,25). The number of aromatic nitrogens is 2. The minimum atomic E-state index is -0.239. The van der Waals surface area contributed by atoms with E-state index in [-0.39, 0.29) is 17.7 Å². The Morgan fingerprint density at radius 2 is 1.88 bits per heavy atom. The second kappa shape index (κ2) is 7.05. The number of thiazole rings is 1. The molecular formula is C19H16N4O2S. The lowest BCUT2D eigenvalue weighted by Gasteiger charge is -2.06. The SMILES string of the molecule is O=C(Nc1nc(-c2cccnc2)cs1)c1ccc(NC(=O)C2CC2)cc1. The number of nitrogens with zero attached hydrogens (tertiary/aromatic N) is 2. The molecular weight excluding hydrogens is 348 g/mol. The lowest BCUT2D eigenvalue weighted by Crippen LogP contribution is -2.14. The van der Waals surface area contributed by atoms with Crippen molar-refractivity contribution in [1.82, 2.24) is 9.97 Å². The Labute approximate surface area is 154 Å². The number of carbonyl (C=O) groups excluding carboxylic acids is 2. The monoisotopic (exact) mass is 364 g/mol. The van der Waals surface area contributed by atoms with Crippen molar-refractivity contribution in [1.29, 1.82) is 0 Å². The molecule has 26 heavy (non-hydrogen) atoms. The van der Waals surface area contributed by atoms with Crippen molar-refractivity contribution >= 4 is 34.0 Å². The predicted octanol–water partition coefficient (Wildman–Crippen LogP) is 3.81. The number of hydrogen-bond donors (Lipinski definition) is 2. The molecule has 2 amide bonds. The number of nitrogens with one attached hydrogen (secondary N) is 2. The van der Waals surface area contributed by atoms with Gasteiger partial charge in [-0.05, 0) is 49.2 Å². The van der Waals surface area contributed by atoms with Gasteiger partial charge in [0.25, 0.3) is 5.91 Å². The highest BCUT2D eigenvalue weighted by Gasteiger charge is 2.29. The molecule has 0 spiro atoms. The molecule has 4 rings (SSSR count). The van der Waals surface area contributed by atoms with E-state index in [0.29, 0.717) is 16.4 Å². The Balaban J connectivity index is 1.40. The lowest BCUT2D eigenvalue weighted by molar-refractivity contribution is -0.117. The van der Waals surface area contributed by atoms with Crippen LogP contribution in [0.25, 0.3) is 11.3 Å². The van der Waals surface area contributed by atoms with E-state index in [4.69, 9.17) is 0 Å². The van der Waals surface area contributed by atoms with Gasteiger partial charge in [0.05, 0.1) is 5.69 Å². The lowest BCUT2D eigenvalue weighted by atomic mass is 10.2. The molecule has 0 bridgehead atoms. The maximum absolute atomic E-state index is 12.4. The zero-order valence-corrected chi connectivity index (χ0v) is 14.6. The normalized spacial score (nSPS) is 13.2. The molecule has 2 aromatic heterocycles. The van der Waals surface area contributed by atoms with E-state index in [1.165, 1.54) is 11.3 Å². The molecule has 6 nitrogen and oxygen atoms in total. The molecule has 1 aliphatic rings. The summed E-state index contributed by atoms with van der Waals surface area (Å²) in [5.74, 6) is -0.0398. The quantitative estimate of drug-likeness (QED) is 0.721. The topological polar surface area (TPSA) is 84.0 Å². The Bertz CT molecular complexity index is 934. The molecule has 130 valence electrons. The number of amides is 2. The molecule has 2 N–H and O–H groups in total. The van der Waals surface area contributed by atoms with Crippen molar-refractivity contribution < 1.29 is 9.59 Å². The Morgan fingerprint density at radius 1 is 1.08 bits per heavy atom. The predicted molar refractivity (Wildman–Crippen MR) is 101 cm³/mol. The van der Waals surface area contributed by atoms with Gasteiger partial charge in [0.1, 0.15) is 0 Å². The Morgan fingerprint density at radius 3 is 2.58 bits per heavy atom. The second-order valence-corrected chi connectivity index (χ2v) is 6.93. The van der Waals surface area contributed by atoms with E-state index in [9.17, 15) is 9.59 Å². The summed E-state index contributed by atoms with van der Waals surface area (Å²) in [6, 6.07) is 10.6. The van der Waals surface area contributed by atoms with Crippen molar-refractivity contribution in [3.05, 3.63) is 59.7 Å². The van der Waals surface area contributed by atoms with E-state index >= 15 is 0 Å². The van der Waals surface area contributed by atoms with Crippen LogP contribution in [0.2, 0.25) is 0 Å². The fraction of sp³-hybridized carbons (Fsp3) is 0.158. The highest BCUT2D eigenvalue weighted by molar-refractivity contribution is 7.14. The molecule has 0 radical (unpaired) electrons. The second-order valence-electron chi connectivity index (χ2n) is 6.07. The van der Waals surface area contributed by atoms with Gasteiger partial charge in [-0.1, -0.05) is 0 Å². The van der Waals surface area contributed by atoms with Gasteiger partial charge >= 0.3 is 0 Å². The first-order valence-electron chi connectivity index (χ1n) is 8.27. The number of pyridine rings is 1. The number of benzene rings is 1. The van der Waals surface area contributed by atoms with Crippen LogP contribution in [0.1, 0.15) is 23.2 Å². The van der Waals surface area contributed by atoms with Crippen LogP contribution >= 0.6 is 11.3 Å². The molecule has 3 aromatic rings. The van der Waals surface area contributed by atoms with Gasteiger partial charge in [0.2, 0.25) is 5.91 Å². The van der Waals surface area contributed by atoms with Crippen LogP contribution in [0.5, 0.6) is 0 Å². The van der Waals surface area contributed by atoms with E-state index in [1.54, 1.807) is 36.7 Å². The van der Waals surface area contributed by atoms with Crippen LogP contribution in [-0.2, 0) is 4.79 Å². The molecule has 1 saturated carbocycles. The fourth-order valence-electron chi connectivity index (χ4n) is 2.44. The summed E-state index contributed by atoms with van der Waals surface area (Å²) in [7, 11) is 0. The summed E-state index contributed by atoms with van der Waals surface area (Å²) in [6.45, 7) is 0. The van der Waals surface area contributed by atoms with Gasteiger partial charge in [0, 0.05) is 40.5 Å². The molecule has 1 aliphatic carbocycles. The van der Waals surface area contributed by atoms with Crippen LogP contribution in [0.3, 0.4) is 0 Å². The summed E-state index contributed by atoms with van der Waals surface area (Å²) in [4.78, 5) is 32.6. The van der Waals surface area contributed by atoms with Crippen molar-refractivity contribution in [3.63, 3.8) is 0 Å². The number of rotatable bonds is 5. The molecule has 1 fully saturated rings. The Hall–Kier alpha value is -3.06. The van der Waals surface area contributed by atoms with Crippen LogP contribution in [0.15, 0.2) is 54.2 Å². The van der Waals surface area contributed by atoms with Gasteiger partial charge in [-0.3, -0.25) is 19.9 Å². The average Bonchev–Trinajstić information content (AvgIpc) is 3.43. The van der Waals surface area contributed by atoms with Crippen molar-refractivity contribution in [3.8, 4) is 11.3 Å². The summed E-state index contributed by atoms with van der Waals surface area (Å²) in [5, 5.41) is 8.06. The molecule has 7 heteroatoms. The Kier molecular flexibility index (Phi) is 4.45. The summed E-state index contributed by atoms with van der Waals surface area (Å²) < 4.78 is 0. The van der Waals surface area contributed by atoms with Crippen molar-refractivity contribution in [2.24, 2.45) is 5.92 Å². The molecule has 0 atom stereocenters. The minimum Gasteiger partial charge on any atom is -0.326 e. The molecule has 0 saturated heterocycles. The van der Waals surface area contributed by atoms with E-state index in [1.807, 2.05) is 17.5 Å². The summed E-state index contributed by atoms with van der Waals surface area (Å²) >= 11 is 1.36. The van der Waals surface area contributed by atoms with Crippen LogP contribution in [0, 0.1) is 5.92 Å². The maximum atomic E-state index is 12.4. The highest BCUT2D eigenvalue weighted by Crippen LogP contribution is 2.30. The third-order valence-electron chi connectivity index (χ3n) is 4.04. The summed E-state index contributed by atoms with van der Waals surface area (Å²) in [5.41, 5.74) is 2.88. The van der Waals surface area contributed by atoms with Crippen molar-refractivity contribution in [2.45, 2.75) is 12.8 Å². The molecule has 0 unspecified atom stereocenters. The van der Waals surface area contributed by atoms with Gasteiger partial charge in [-0.15, -0.1) is 11.3 Å². The minimum absolute atomic E-state index is 0.0490. The third kappa shape index (κ3) is 3.78. The maximum Gasteiger partial charge on any atom is 0.257 e. The number of anilines is 2. The number of carbonyl (C=O) groups is 2. The smallest absolute Gasteiger partial charge is 0.257 e. The van der Waals surface area contributed by atoms with Crippen molar-refractivity contribution in [2.75, 3.05) is 10.6 Å². The van der Waals surface area contributed by atoms with Gasteiger partial charge in [0.15, 0.2) is 5.13 Å².